The largest absolute Gasteiger partial charge is 0.510 e. The predicted octanol–water partition coefficient (Wildman–Crippen LogP) is 2.39. The van der Waals surface area contributed by atoms with Crippen molar-refractivity contribution in [3.8, 4) is 0 Å². The number of hydrogen-bond acceptors (Lipinski definition) is 5. The molecule has 0 radical (unpaired) electrons. The molecule has 114 valence electrons. The van der Waals surface area contributed by atoms with E-state index in [-0.39, 0.29) is 30.4 Å². The third kappa shape index (κ3) is 4.75. The van der Waals surface area contributed by atoms with Crippen molar-refractivity contribution >= 4 is 12.1 Å². The second-order valence-corrected chi connectivity index (χ2v) is 6.03. The Kier molecular flexibility index (Phi) is 5.03. The lowest BCUT2D eigenvalue weighted by atomic mass is 10.1. The molecule has 0 saturated heterocycles. The van der Waals surface area contributed by atoms with Crippen LogP contribution in [-0.4, -0.2) is 46.9 Å². The number of amides is 1. The van der Waals surface area contributed by atoms with Crippen molar-refractivity contribution in [2.45, 2.75) is 52.7 Å². The fraction of sp³-hybridized carbons (Fsp3) is 0.714. The number of aliphatic hydroxyl groups excluding tert-OH is 1. The SMILES string of the molecule is CC(C)OC(=O)C1=C(O)CN(C(=O)OC(C)(C)C)CC1. The van der Waals surface area contributed by atoms with Crippen LogP contribution in [-0.2, 0) is 14.3 Å². The van der Waals surface area contributed by atoms with Gasteiger partial charge < -0.3 is 19.5 Å². The Balaban J connectivity index is 2.69. The zero-order valence-corrected chi connectivity index (χ0v) is 12.7. The summed E-state index contributed by atoms with van der Waals surface area (Å²) < 4.78 is 10.3. The minimum Gasteiger partial charge on any atom is -0.510 e. The molecule has 0 unspecified atom stereocenters. The highest BCUT2D eigenvalue weighted by Crippen LogP contribution is 2.20. The molecule has 20 heavy (non-hydrogen) atoms. The Bertz CT molecular complexity index is 420. The van der Waals surface area contributed by atoms with Crippen LogP contribution in [0.15, 0.2) is 11.3 Å². The lowest BCUT2D eigenvalue weighted by Crippen LogP contribution is -2.41. The number of esters is 1. The van der Waals surface area contributed by atoms with E-state index in [1.54, 1.807) is 34.6 Å². The Morgan fingerprint density at radius 2 is 1.90 bits per heavy atom. The number of nitrogens with zero attached hydrogens (tertiary/aromatic N) is 1. The maximum atomic E-state index is 11.9. The molecule has 6 heteroatoms. The Hall–Kier alpha value is -1.72. The van der Waals surface area contributed by atoms with E-state index >= 15 is 0 Å². The highest BCUT2D eigenvalue weighted by atomic mass is 16.6. The number of rotatable bonds is 2. The molecule has 1 amide bonds. The van der Waals surface area contributed by atoms with Crippen molar-refractivity contribution in [3.63, 3.8) is 0 Å². The van der Waals surface area contributed by atoms with Crippen molar-refractivity contribution in [1.29, 1.82) is 0 Å². The molecule has 0 fully saturated rings. The van der Waals surface area contributed by atoms with Gasteiger partial charge >= 0.3 is 12.1 Å². The zero-order valence-electron chi connectivity index (χ0n) is 12.7. The fourth-order valence-electron chi connectivity index (χ4n) is 1.73. The van der Waals surface area contributed by atoms with E-state index < -0.39 is 17.7 Å². The van der Waals surface area contributed by atoms with Crippen LogP contribution in [0.25, 0.3) is 0 Å². The number of ether oxygens (including phenoxy) is 2. The van der Waals surface area contributed by atoms with E-state index in [1.165, 1.54) is 4.90 Å². The van der Waals surface area contributed by atoms with Crippen LogP contribution in [0.3, 0.4) is 0 Å². The van der Waals surface area contributed by atoms with E-state index in [4.69, 9.17) is 9.47 Å². The molecule has 1 heterocycles. The maximum Gasteiger partial charge on any atom is 0.410 e. The molecule has 0 aromatic heterocycles. The Morgan fingerprint density at radius 1 is 1.30 bits per heavy atom. The van der Waals surface area contributed by atoms with Gasteiger partial charge in [0.2, 0.25) is 0 Å². The highest BCUT2D eigenvalue weighted by Gasteiger charge is 2.30. The second-order valence-electron chi connectivity index (χ2n) is 6.03. The summed E-state index contributed by atoms with van der Waals surface area (Å²) in [7, 11) is 0. The van der Waals surface area contributed by atoms with Gasteiger partial charge in [0.15, 0.2) is 0 Å². The highest BCUT2D eigenvalue weighted by molar-refractivity contribution is 5.89. The van der Waals surface area contributed by atoms with Gasteiger partial charge in [-0.3, -0.25) is 0 Å². The maximum absolute atomic E-state index is 11.9. The average Bonchev–Trinajstić information content (AvgIpc) is 2.25. The van der Waals surface area contributed by atoms with E-state index in [0.717, 1.165) is 0 Å². The summed E-state index contributed by atoms with van der Waals surface area (Å²) in [6, 6.07) is 0. The monoisotopic (exact) mass is 285 g/mol. The number of carbonyl (C=O) groups excluding carboxylic acids is 2. The molecule has 1 aliphatic rings. The Labute approximate surface area is 119 Å². The molecule has 0 bridgehead atoms. The number of carbonyl (C=O) groups is 2. The zero-order chi connectivity index (χ0) is 15.5. The molecule has 0 spiro atoms. The van der Waals surface area contributed by atoms with E-state index in [9.17, 15) is 14.7 Å². The summed E-state index contributed by atoms with van der Waals surface area (Å²) in [4.78, 5) is 25.0. The molecule has 0 aromatic carbocycles. The molecule has 0 saturated carbocycles. The summed E-state index contributed by atoms with van der Waals surface area (Å²) in [5, 5.41) is 9.90. The first kappa shape index (κ1) is 16.3. The van der Waals surface area contributed by atoms with Gasteiger partial charge in [-0.2, -0.15) is 0 Å². The molecule has 0 aliphatic carbocycles. The van der Waals surface area contributed by atoms with E-state index in [2.05, 4.69) is 0 Å². The van der Waals surface area contributed by atoms with E-state index in [1.807, 2.05) is 0 Å². The van der Waals surface area contributed by atoms with Gasteiger partial charge in [0.25, 0.3) is 0 Å². The van der Waals surface area contributed by atoms with Crippen LogP contribution in [0, 0.1) is 0 Å². The fourth-order valence-corrected chi connectivity index (χ4v) is 1.73. The third-order valence-electron chi connectivity index (χ3n) is 2.56. The summed E-state index contributed by atoms with van der Waals surface area (Å²) in [6.45, 7) is 9.09. The standard InChI is InChI=1S/C14H23NO5/c1-9(2)19-12(17)10-6-7-15(8-11(10)16)13(18)20-14(3,4)5/h9,16H,6-8H2,1-5H3. The van der Waals surface area contributed by atoms with Crippen molar-refractivity contribution in [2.75, 3.05) is 13.1 Å². The van der Waals surface area contributed by atoms with Crippen molar-refractivity contribution in [3.05, 3.63) is 11.3 Å². The van der Waals surface area contributed by atoms with Crippen LogP contribution >= 0.6 is 0 Å². The molecule has 0 atom stereocenters. The molecule has 0 aromatic rings. The molecular formula is C14H23NO5. The van der Waals surface area contributed by atoms with Gasteiger partial charge in [-0.25, -0.2) is 9.59 Å². The van der Waals surface area contributed by atoms with Gasteiger partial charge in [-0.15, -0.1) is 0 Å². The summed E-state index contributed by atoms with van der Waals surface area (Å²) in [6.07, 6.45) is -0.483. The lowest BCUT2D eigenvalue weighted by Gasteiger charge is -2.30. The molecule has 1 rings (SSSR count). The second kappa shape index (κ2) is 6.15. The van der Waals surface area contributed by atoms with Gasteiger partial charge in [-0.05, 0) is 34.6 Å². The van der Waals surface area contributed by atoms with Gasteiger partial charge in [-0.1, -0.05) is 0 Å². The van der Waals surface area contributed by atoms with Gasteiger partial charge in [0, 0.05) is 13.0 Å². The summed E-state index contributed by atoms with van der Waals surface area (Å²) in [5.41, 5.74) is -0.355. The molecule has 1 N–H and O–H groups in total. The topological polar surface area (TPSA) is 76.1 Å². The van der Waals surface area contributed by atoms with Crippen molar-refractivity contribution < 1.29 is 24.2 Å². The first-order valence-electron chi connectivity index (χ1n) is 6.70. The van der Waals surface area contributed by atoms with Crippen LogP contribution in [0.5, 0.6) is 0 Å². The first-order valence-corrected chi connectivity index (χ1v) is 6.70. The first-order chi connectivity index (χ1) is 9.10. The minimum atomic E-state index is -0.590. The molecule has 1 aliphatic heterocycles. The van der Waals surface area contributed by atoms with Crippen molar-refractivity contribution in [1.82, 2.24) is 4.90 Å². The quantitative estimate of drug-likeness (QED) is 0.788. The van der Waals surface area contributed by atoms with Crippen LogP contribution in [0.1, 0.15) is 41.0 Å². The lowest BCUT2D eigenvalue weighted by molar-refractivity contribution is -0.143. The normalized spacial score (nSPS) is 16.4. The van der Waals surface area contributed by atoms with E-state index in [0.29, 0.717) is 6.54 Å². The summed E-state index contributed by atoms with van der Waals surface area (Å²) in [5.74, 6) is -0.658. The van der Waals surface area contributed by atoms with Crippen LogP contribution < -0.4 is 0 Å². The molecule has 6 nitrogen and oxygen atoms in total. The average molecular weight is 285 g/mol. The van der Waals surface area contributed by atoms with Gasteiger partial charge in [0.1, 0.15) is 11.4 Å². The minimum absolute atomic E-state index is 0.0303. The third-order valence-corrected chi connectivity index (χ3v) is 2.56. The van der Waals surface area contributed by atoms with Gasteiger partial charge in [0.05, 0.1) is 18.2 Å². The van der Waals surface area contributed by atoms with Crippen molar-refractivity contribution in [2.24, 2.45) is 0 Å². The number of hydrogen-bond donors (Lipinski definition) is 1. The molecular weight excluding hydrogens is 262 g/mol. The smallest absolute Gasteiger partial charge is 0.410 e. The number of aliphatic hydroxyl groups is 1. The predicted molar refractivity (Wildman–Crippen MR) is 73.3 cm³/mol. The van der Waals surface area contributed by atoms with Crippen LogP contribution in [0.2, 0.25) is 0 Å². The Morgan fingerprint density at radius 3 is 2.35 bits per heavy atom. The van der Waals surface area contributed by atoms with Crippen LogP contribution in [0.4, 0.5) is 4.79 Å². The summed E-state index contributed by atoms with van der Waals surface area (Å²) >= 11 is 0.